The van der Waals surface area contributed by atoms with Gasteiger partial charge in [-0.3, -0.25) is 0 Å². The molecule has 1 aliphatic carbocycles. The summed E-state index contributed by atoms with van der Waals surface area (Å²) in [5, 5.41) is 8.81. The van der Waals surface area contributed by atoms with Crippen molar-refractivity contribution in [2.24, 2.45) is 5.92 Å². The van der Waals surface area contributed by atoms with E-state index in [0.29, 0.717) is 24.6 Å². The van der Waals surface area contributed by atoms with Gasteiger partial charge in [-0.25, -0.2) is 17.5 Å². The van der Waals surface area contributed by atoms with Crippen LogP contribution in [0.2, 0.25) is 0 Å². The van der Waals surface area contributed by atoms with Gasteiger partial charge in [0.1, 0.15) is 0 Å². The molecule has 1 fully saturated rings. The smallest absolute Gasteiger partial charge is 0.335 e. The fraction of sp³-hybridized carbons (Fsp3) is 0.500. The molecule has 0 amide bonds. The SMILES string of the molecule is CCN(CC1CC1)S(=O)(=O)Cc1ccc(C(=O)O)cc1. The zero-order chi connectivity index (χ0) is 14.8. The average molecular weight is 297 g/mol. The summed E-state index contributed by atoms with van der Waals surface area (Å²) >= 11 is 0. The summed E-state index contributed by atoms with van der Waals surface area (Å²) in [7, 11) is -3.33. The Morgan fingerprint density at radius 2 is 1.90 bits per heavy atom. The minimum Gasteiger partial charge on any atom is -0.478 e. The Morgan fingerprint density at radius 3 is 2.35 bits per heavy atom. The molecular formula is C14H19NO4S. The van der Waals surface area contributed by atoms with Gasteiger partial charge in [0, 0.05) is 13.1 Å². The predicted molar refractivity (Wildman–Crippen MR) is 76.0 cm³/mol. The summed E-state index contributed by atoms with van der Waals surface area (Å²) in [5.41, 5.74) is 0.778. The number of carboxylic acids is 1. The summed E-state index contributed by atoms with van der Waals surface area (Å²) in [6.07, 6.45) is 2.22. The molecule has 0 atom stereocenters. The second-order valence-corrected chi connectivity index (χ2v) is 7.12. The predicted octanol–water partition coefficient (Wildman–Crippen LogP) is 1.95. The molecule has 110 valence electrons. The standard InChI is InChI=1S/C14H19NO4S/c1-2-15(9-11-3-4-11)20(18,19)10-12-5-7-13(8-6-12)14(16)17/h5-8,11H,2-4,9-10H2,1H3,(H,16,17). The van der Waals surface area contributed by atoms with Crippen molar-refractivity contribution in [3.63, 3.8) is 0 Å². The Balaban J connectivity index is 2.07. The van der Waals surface area contributed by atoms with Gasteiger partial charge in [0.15, 0.2) is 0 Å². The molecule has 20 heavy (non-hydrogen) atoms. The third-order valence-corrected chi connectivity index (χ3v) is 5.35. The van der Waals surface area contributed by atoms with Gasteiger partial charge in [0.2, 0.25) is 10.0 Å². The van der Waals surface area contributed by atoms with E-state index in [1.807, 2.05) is 6.92 Å². The van der Waals surface area contributed by atoms with Gasteiger partial charge in [-0.1, -0.05) is 19.1 Å². The van der Waals surface area contributed by atoms with Crippen LogP contribution in [-0.4, -0.2) is 36.9 Å². The summed E-state index contributed by atoms with van der Waals surface area (Å²) in [4.78, 5) is 10.8. The number of sulfonamides is 1. The highest BCUT2D eigenvalue weighted by Crippen LogP contribution is 2.30. The van der Waals surface area contributed by atoms with E-state index in [-0.39, 0.29) is 11.3 Å². The van der Waals surface area contributed by atoms with E-state index < -0.39 is 16.0 Å². The lowest BCUT2D eigenvalue weighted by Crippen LogP contribution is -2.33. The minimum absolute atomic E-state index is 0.0759. The molecule has 0 aromatic heterocycles. The van der Waals surface area contributed by atoms with E-state index in [9.17, 15) is 13.2 Å². The zero-order valence-corrected chi connectivity index (χ0v) is 12.3. The second-order valence-electron chi connectivity index (χ2n) is 5.15. The highest BCUT2D eigenvalue weighted by atomic mass is 32.2. The van der Waals surface area contributed by atoms with Crippen LogP contribution >= 0.6 is 0 Å². The molecule has 0 bridgehead atoms. The third kappa shape index (κ3) is 3.80. The largest absolute Gasteiger partial charge is 0.478 e. The molecule has 0 heterocycles. The zero-order valence-electron chi connectivity index (χ0n) is 11.4. The lowest BCUT2D eigenvalue weighted by molar-refractivity contribution is 0.0697. The number of carbonyl (C=O) groups is 1. The van der Waals surface area contributed by atoms with Crippen molar-refractivity contribution in [1.82, 2.24) is 4.31 Å². The van der Waals surface area contributed by atoms with Crippen molar-refractivity contribution in [2.75, 3.05) is 13.1 Å². The first-order chi connectivity index (χ1) is 9.42. The maximum Gasteiger partial charge on any atom is 0.335 e. The maximum absolute atomic E-state index is 12.3. The van der Waals surface area contributed by atoms with Crippen LogP contribution in [0.4, 0.5) is 0 Å². The molecule has 1 N–H and O–H groups in total. The lowest BCUT2D eigenvalue weighted by Gasteiger charge is -2.20. The van der Waals surface area contributed by atoms with Crippen LogP contribution in [-0.2, 0) is 15.8 Å². The Labute approximate surface area is 119 Å². The first-order valence-corrected chi connectivity index (χ1v) is 8.33. The van der Waals surface area contributed by atoms with Gasteiger partial charge in [-0.2, -0.15) is 0 Å². The first-order valence-electron chi connectivity index (χ1n) is 6.72. The topological polar surface area (TPSA) is 74.7 Å². The monoisotopic (exact) mass is 297 g/mol. The Morgan fingerprint density at radius 1 is 1.30 bits per heavy atom. The molecular weight excluding hydrogens is 278 g/mol. The fourth-order valence-corrected chi connectivity index (χ4v) is 3.70. The van der Waals surface area contributed by atoms with Gasteiger partial charge < -0.3 is 5.11 Å². The second kappa shape index (κ2) is 5.93. The Bertz CT molecular complexity index is 576. The number of nitrogens with zero attached hydrogens (tertiary/aromatic N) is 1. The van der Waals surface area contributed by atoms with Crippen molar-refractivity contribution < 1.29 is 18.3 Å². The van der Waals surface area contributed by atoms with Crippen LogP contribution in [0.5, 0.6) is 0 Å². The van der Waals surface area contributed by atoms with Crippen molar-refractivity contribution in [3.8, 4) is 0 Å². The van der Waals surface area contributed by atoms with E-state index in [0.717, 1.165) is 12.8 Å². The highest BCUT2D eigenvalue weighted by Gasteiger charge is 2.29. The van der Waals surface area contributed by atoms with Crippen molar-refractivity contribution in [3.05, 3.63) is 35.4 Å². The minimum atomic E-state index is -3.33. The van der Waals surface area contributed by atoms with Gasteiger partial charge >= 0.3 is 5.97 Å². The first kappa shape index (κ1) is 15.0. The van der Waals surface area contributed by atoms with Crippen LogP contribution < -0.4 is 0 Å². The molecule has 1 saturated carbocycles. The number of hydrogen-bond acceptors (Lipinski definition) is 3. The molecule has 6 heteroatoms. The fourth-order valence-electron chi connectivity index (χ4n) is 2.07. The normalized spacial score (nSPS) is 15.5. The molecule has 5 nitrogen and oxygen atoms in total. The average Bonchev–Trinajstić information content (AvgIpc) is 3.19. The highest BCUT2D eigenvalue weighted by molar-refractivity contribution is 7.88. The van der Waals surface area contributed by atoms with E-state index >= 15 is 0 Å². The van der Waals surface area contributed by atoms with Gasteiger partial charge in [0.05, 0.1) is 11.3 Å². The Kier molecular flexibility index (Phi) is 4.45. The molecule has 1 aromatic carbocycles. The van der Waals surface area contributed by atoms with Crippen LogP contribution in [0.15, 0.2) is 24.3 Å². The van der Waals surface area contributed by atoms with Crippen molar-refractivity contribution in [1.29, 1.82) is 0 Å². The van der Waals surface area contributed by atoms with Crippen LogP contribution in [0.3, 0.4) is 0 Å². The van der Waals surface area contributed by atoms with Crippen molar-refractivity contribution >= 4 is 16.0 Å². The van der Waals surface area contributed by atoms with Crippen LogP contribution in [0.25, 0.3) is 0 Å². The van der Waals surface area contributed by atoms with E-state index in [4.69, 9.17) is 5.11 Å². The van der Waals surface area contributed by atoms with Gasteiger partial charge in [0.25, 0.3) is 0 Å². The molecule has 1 aliphatic rings. The number of aromatic carboxylic acids is 1. The molecule has 0 spiro atoms. The summed E-state index contributed by atoms with van der Waals surface area (Å²) in [6, 6.07) is 5.99. The molecule has 0 saturated heterocycles. The molecule has 1 aromatic rings. The number of hydrogen-bond donors (Lipinski definition) is 1. The maximum atomic E-state index is 12.3. The number of benzene rings is 1. The molecule has 0 radical (unpaired) electrons. The lowest BCUT2D eigenvalue weighted by atomic mass is 10.1. The van der Waals surface area contributed by atoms with Crippen LogP contribution in [0.1, 0.15) is 35.7 Å². The molecule has 2 rings (SSSR count). The van der Waals surface area contributed by atoms with Gasteiger partial charge in [-0.05, 0) is 36.5 Å². The summed E-state index contributed by atoms with van der Waals surface area (Å²) < 4.78 is 26.2. The molecule has 0 unspecified atom stereocenters. The van der Waals surface area contributed by atoms with E-state index in [2.05, 4.69) is 0 Å². The third-order valence-electron chi connectivity index (χ3n) is 3.45. The van der Waals surface area contributed by atoms with E-state index in [1.54, 1.807) is 12.1 Å². The van der Waals surface area contributed by atoms with Crippen molar-refractivity contribution in [2.45, 2.75) is 25.5 Å². The number of carboxylic acid groups (broad SMARTS) is 1. The summed E-state index contributed by atoms with van der Waals surface area (Å²) in [5.74, 6) is -0.574. The van der Waals surface area contributed by atoms with E-state index in [1.165, 1.54) is 16.4 Å². The molecule has 0 aliphatic heterocycles. The Hall–Kier alpha value is -1.40. The number of rotatable bonds is 7. The quantitative estimate of drug-likeness (QED) is 0.834. The van der Waals surface area contributed by atoms with Crippen LogP contribution in [0, 0.1) is 5.92 Å². The van der Waals surface area contributed by atoms with Gasteiger partial charge in [-0.15, -0.1) is 0 Å². The summed E-state index contributed by atoms with van der Waals surface area (Å²) in [6.45, 7) is 2.92.